The summed E-state index contributed by atoms with van der Waals surface area (Å²) < 4.78 is 35.8. The van der Waals surface area contributed by atoms with Crippen molar-refractivity contribution < 1.29 is 22.8 Å². The van der Waals surface area contributed by atoms with Crippen LogP contribution in [-0.4, -0.2) is 41.2 Å². The summed E-state index contributed by atoms with van der Waals surface area (Å²) in [5.74, 6) is -1.46. The summed E-state index contributed by atoms with van der Waals surface area (Å²) in [6, 6.07) is 1.47. The van der Waals surface area contributed by atoms with Gasteiger partial charge in [-0.15, -0.1) is 5.48 Å². The summed E-state index contributed by atoms with van der Waals surface area (Å²) in [6.07, 6.45) is -0.818. The number of carbonyl (C=O) groups is 1. The topological polar surface area (TPSA) is 67.3 Å². The average molecular weight is 290 g/mol. The van der Waals surface area contributed by atoms with Gasteiger partial charge in [-0.05, 0) is 18.9 Å². The number of hydrogen-bond acceptors (Lipinski definition) is 6. The summed E-state index contributed by atoms with van der Waals surface area (Å²) in [6.45, 7) is 1.22. The Hall–Kier alpha value is -1.90. The number of alkyl halides is 3. The van der Waals surface area contributed by atoms with Crippen LogP contribution in [0, 0.1) is 0 Å². The van der Waals surface area contributed by atoms with Gasteiger partial charge in [-0.1, -0.05) is 0 Å². The molecule has 6 nitrogen and oxygen atoms in total. The second-order valence-corrected chi connectivity index (χ2v) is 4.33. The van der Waals surface area contributed by atoms with Crippen LogP contribution in [0.15, 0.2) is 18.6 Å². The zero-order valence-electron chi connectivity index (χ0n) is 10.4. The van der Waals surface area contributed by atoms with Crippen molar-refractivity contribution in [2.75, 3.05) is 18.0 Å². The van der Waals surface area contributed by atoms with Crippen molar-refractivity contribution in [3.63, 3.8) is 0 Å². The van der Waals surface area contributed by atoms with E-state index in [1.54, 1.807) is 12.3 Å². The van der Waals surface area contributed by atoms with Crippen molar-refractivity contribution in [1.82, 2.24) is 15.4 Å². The van der Waals surface area contributed by atoms with E-state index < -0.39 is 12.1 Å². The van der Waals surface area contributed by atoms with Gasteiger partial charge in [-0.2, -0.15) is 13.2 Å². The molecule has 1 N–H and O–H groups in total. The molecular weight excluding hydrogens is 277 g/mol. The van der Waals surface area contributed by atoms with Gasteiger partial charge in [0.1, 0.15) is 12.1 Å². The molecule has 1 aromatic heterocycles. The van der Waals surface area contributed by atoms with Gasteiger partial charge in [0.2, 0.25) is 0 Å². The predicted molar refractivity (Wildman–Crippen MR) is 62.5 cm³/mol. The van der Waals surface area contributed by atoms with Gasteiger partial charge in [0.15, 0.2) is 0 Å². The Morgan fingerprint density at radius 3 is 2.65 bits per heavy atom. The third-order valence-corrected chi connectivity index (χ3v) is 2.94. The second kappa shape index (κ2) is 6.04. The lowest BCUT2D eigenvalue weighted by Gasteiger charge is -2.32. The molecule has 0 bridgehead atoms. The lowest BCUT2D eigenvalue weighted by molar-refractivity contribution is -0.208. The van der Waals surface area contributed by atoms with Gasteiger partial charge in [0.25, 0.3) is 0 Å². The highest BCUT2D eigenvalue weighted by Gasteiger charge is 2.41. The first kappa shape index (κ1) is 14.5. The molecular formula is C11H13F3N4O2. The zero-order chi connectivity index (χ0) is 14.6. The number of piperidine rings is 1. The van der Waals surface area contributed by atoms with Gasteiger partial charge in [0.05, 0.1) is 0 Å². The van der Waals surface area contributed by atoms with Crippen molar-refractivity contribution in [3.05, 3.63) is 18.6 Å². The van der Waals surface area contributed by atoms with E-state index in [1.165, 1.54) is 6.33 Å². The van der Waals surface area contributed by atoms with E-state index in [9.17, 15) is 18.0 Å². The van der Waals surface area contributed by atoms with Crippen LogP contribution < -0.4 is 10.4 Å². The number of halogens is 3. The molecule has 0 amide bonds. The fourth-order valence-corrected chi connectivity index (χ4v) is 1.89. The molecule has 0 aromatic carbocycles. The summed E-state index contributed by atoms with van der Waals surface area (Å²) >= 11 is 0. The SMILES string of the molecule is O=C(ONC1CCN(c2ccncn2)CC1)C(F)(F)F. The highest BCUT2D eigenvalue weighted by atomic mass is 19.4. The fraction of sp³-hybridized carbons (Fsp3) is 0.545. The van der Waals surface area contributed by atoms with E-state index in [-0.39, 0.29) is 6.04 Å². The first-order valence-electron chi connectivity index (χ1n) is 6.01. The number of hydrogen-bond donors (Lipinski definition) is 1. The molecule has 1 aromatic rings. The molecule has 0 spiro atoms. The van der Waals surface area contributed by atoms with E-state index in [2.05, 4.69) is 20.3 Å². The van der Waals surface area contributed by atoms with E-state index in [0.29, 0.717) is 25.9 Å². The highest BCUT2D eigenvalue weighted by Crippen LogP contribution is 2.18. The Kier molecular flexibility index (Phi) is 4.38. The molecule has 20 heavy (non-hydrogen) atoms. The van der Waals surface area contributed by atoms with Crippen LogP contribution in [-0.2, 0) is 9.63 Å². The predicted octanol–water partition coefficient (Wildman–Crippen LogP) is 1.06. The van der Waals surface area contributed by atoms with Crippen LogP contribution in [0.1, 0.15) is 12.8 Å². The molecule has 1 saturated heterocycles. The number of nitrogens with one attached hydrogen (secondary N) is 1. The number of rotatable bonds is 3. The molecule has 0 aliphatic carbocycles. The maximum Gasteiger partial charge on any atom is 0.492 e. The molecule has 2 rings (SSSR count). The first-order chi connectivity index (χ1) is 9.47. The van der Waals surface area contributed by atoms with E-state index in [1.807, 2.05) is 4.90 Å². The third-order valence-electron chi connectivity index (χ3n) is 2.94. The molecule has 0 saturated carbocycles. The molecule has 2 heterocycles. The van der Waals surface area contributed by atoms with Crippen LogP contribution >= 0.6 is 0 Å². The average Bonchev–Trinajstić information content (AvgIpc) is 2.45. The Morgan fingerprint density at radius 2 is 2.10 bits per heavy atom. The molecule has 9 heteroatoms. The second-order valence-electron chi connectivity index (χ2n) is 4.33. The normalized spacial score (nSPS) is 17.1. The largest absolute Gasteiger partial charge is 0.492 e. The van der Waals surface area contributed by atoms with Crippen LogP contribution in [0.2, 0.25) is 0 Å². The van der Waals surface area contributed by atoms with Crippen LogP contribution in [0.25, 0.3) is 0 Å². The molecule has 1 fully saturated rings. The molecule has 110 valence electrons. The quantitative estimate of drug-likeness (QED) is 0.840. The monoisotopic (exact) mass is 290 g/mol. The van der Waals surface area contributed by atoms with Crippen LogP contribution in [0.4, 0.5) is 19.0 Å². The lowest BCUT2D eigenvalue weighted by Crippen LogP contribution is -2.44. The fourth-order valence-electron chi connectivity index (χ4n) is 1.89. The van der Waals surface area contributed by atoms with Crippen molar-refractivity contribution in [2.24, 2.45) is 0 Å². The minimum atomic E-state index is -4.98. The third kappa shape index (κ3) is 3.80. The summed E-state index contributed by atoms with van der Waals surface area (Å²) in [7, 11) is 0. The van der Waals surface area contributed by atoms with Gasteiger partial charge >= 0.3 is 12.1 Å². The van der Waals surface area contributed by atoms with Crippen LogP contribution in [0.5, 0.6) is 0 Å². The summed E-state index contributed by atoms with van der Waals surface area (Å²) in [5, 5.41) is 0. The standard InChI is InChI=1S/C11H13F3N4O2/c12-11(13,14)10(19)20-17-8-2-5-18(6-3-8)9-1-4-15-7-16-9/h1,4,7-8,17H,2-3,5-6H2. The summed E-state index contributed by atoms with van der Waals surface area (Å²) in [4.78, 5) is 24.5. The van der Waals surface area contributed by atoms with Crippen molar-refractivity contribution in [1.29, 1.82) is 0 Å². The number of aromatic nitrogens is 2. The van der Waals surface area contributed by atoms with Crippen molar-refractivity contribution >= 4 is 11.8 Å². The summed E-state index contributed by atoms with van der Waals surface area (Å²) in [5.41, 5.74) is 2.17. The lowest BCUT2D eigenvalue weighted by atomic mass is 10.1. The maximum atomic E-state index is 11.9. The molecule has 1 aliphatic heterocycles. The Balaban J connectivity index is 1.76. The number of nitrogens with zero attached hydrogens (tertiary/aromatic N) is 3. The molecule has 0 atom stereocenters. The number of anilines is 1. The highest BCUT2D eigenvalue weighted by molar-refractivity contribution is 5.75. The minimum absolute atomic E-state index is 0.292. The number of hydroxylamine groups is 1. The smallest absolute Gasteiger partial charge is 0.363 e. The zero-order valence-corrected chi connectivity index (χ0v) is 10.4. The van der Waals surface area contributed by atoms with Crippen molar-refractivity contribution in [2.45, 2.75) is 25.1 Å². The minimum Gasteiger partial charge on any atom is -0.363 e. The van der Waals surface area contributed by atoms with Gasteiger partial charge < -0.3 is 9.74 Å². The van der Waals surface area contributed by atoms with E-state index >= 15 is 0 Å². The molecule has 0 unspecified atom stereocenters. The first-order valence-corrected chi connectivity index (χ1v) is 6.01. The van der Waals surface area contributed by atoms with Gasteiger partial charge in [-0.3, -0.25) is 0 Å². The Morgan fingerprint density at radius 1 is 1.40 bits per heavy atom. The van der Waals surface area contributed by atoms with Gasteiger partial charge in [0, 0.05) is 25.3 Å². The van der Waals surface area contributed by atoms with Gasteiger partial charge in [-0.25, -0.2) is 14.8 Å². The number of carbonyl (C=O) groups excluding carboxylic acids is 1. The molecule has 0 radical (unpaired) electrons. The Bertz CT molecular complexity index is 447. The van der Waals surface area contributed by atoms with Crippen LogP contribution in [0.3, 0.4) is 0 Å². The molecule has 1 aliphatic rings. The van der Waals surface area contributed by atoms with E-state index in [4.69, 9.17) is 0 Å². The Labute approximate surface area is 112 Å². The van der Waals surface area contributed by atoms with E-state index in [0.717, 1.165) is 5.82 Å². The maximum absolute atomic E-state index is 11.9. The van der Waals surface area contributed by atoms with Crippen molar-refractivity contribution in [3.8, 4) is 0 Å².